The Balaban J connectivity index is 1.75. The number of aromatic nitrogens is 4. The van der Waals surface area contributed by atoms with Crippen molar-refractivity contribution in [2.45, 2.75) is 13.3 Å². The quantitative estimate of drug-likeness (QED) is 0.186. The highest BCUT2D eigenvalue weighted by Gasteiger charge is 2.19. The highest BCUT2D eigenvalue weighted by atomic mass is 15.2. The number of anilines is 2. The van der Waals surface area contributed by atoms with Gasteiger partial charge in [0.25, 0.3) is 0 Å². The van der Waals surface area contributed by atoms with Gasteiger partial charge in [0, 0.05) is 30.8 Å². The predicted octanol–water partition coefficient (Wildman–Crippen LogP) is 6.29. The van der Waals surface area contributed by atoms with E-state index in [4.69, 9.17) is 9.98 Å². The van der Waals surface area contributed by atoms with Crippen LogP contribution in [0.15, 0.2) is 103 Å². The van der Waals surface area contributed by atoms with Gasteiger partial charge in [-0.05, 0) is 18.1 Å². The van der Waals surface area contributed by atoms with Crippen molar-refractivity contribution in [3.8, 4) is 6.07 Å². The van der Waals surface area contributed by atoms with Gasteiger partial charge < -0.3 is 9.47 Å². The Morgan fingerprint density at radius 2 is 1.74 bits per heavy atom. The Bertz CT molecular complexity index is 1620. The number of aliphatic imine (C=N–C) groups is 1. The fraction of sp³-hybridized carbons (Fsp3) is 0.129. The lowest BCUT2D eigenvalue weighted by atomic mass is 10.0. The molecule has 5 rings (SSSR count). The third-order valence-corrected chi connectivity index (χ3v) is 6.33. The van der Waals surface area contributed by atoms with Crippen LogP contribution < -0.4 is 4.90 Å². The Kier molecular flexibility index (Phi) is 7.05. The molecule has 0 bridgehead atoms. The first-order valence-electron chi connectivity index (χ1n) is 12.4. The third kappa shape index (κ3) is 4.80. The molecule has 7 nitrogen and oxygen atoms in total. The van der Waals surface area contributed by atoms with E-state index in [0.717, 1.165) is 40.0 Å². The van der Waals surface area contributed by atoms with E-state index >= 15 is 0 Å². The molecule has 5 aromatic rings. The molecule has 0 N–H and O–H groups in total. The minimum Gasteiger partial charge on any atom is -0.334 e. The normalized spacial score (nSPS) is 10.7. The van der Waals surface area contributed by atoms with E-state index in [1.54, 1.807) is 12.5 Å². The average molecular weight is 498 g/mol. The predicted molar refractivity (Wildman–Crippen MR) is 152 cm³/mol. The van der Waals surface area contributed by atoms with E-state index in [0.29, 0.717) is 29.4 Å². The number of imidazole rings is 1. The SMILES string of the molecule is C=CCN(c1cc2c(ncn2C)c(N=C(c2ccccc2)c2ccccc2)n1)c1cnc(C#N)cc1CC. The maximum atomic E-state index is 9.36. The van der Waals surface area contributed by atoms with Gasteiger partial charge in [0.05, 0.1) is 29.4 Å². The molecule has 0 saturated heterocycles. The maximum Gasteiger partial charge on any atom is 0.183 e. The molecule has 3 heterocycles. The maximum absolute atomic E-state index is 9.36. The fourth-order valence-electron chi connectivity index (χ4n) is 4.43. The molecule has 0 amide bonds. The Morgan fingerprint density at radius 1 is 1.05 bits per heavy atom. The number of nitrogens with zero attached hydrogens (tertiary/aromatic N) is 7. The topological polar surface area (TPSA) is 83.0 Å². The van der Waals surface area contributed by atoms with Crippen LogP contribution in [0.25, 0.3) is 11.0 Å². The van der Waals surface area contributed by atoms with Crippen LogP contribution in [0.1, 0.15) is 29.3 Å². The van der Waals surface area contributed by atoms with E-state index in [1.807, 2.05) is 90.5 Å². The van der Waals surface area contributed by atoms with Crippen LogP contribution in [-0.4, -0.2) is 31.8 Å². The fourth-order valence-corrected chi connectivity index (χ4v) is 4.43. The Hall–Kier alpha value is -5.09. The van der Waals surface area contributed by atoms with E-state index in [2.05, 4.69) is 34.4 Å². The number of nitriles is 1. The minimum atomic E-state index is 0.389. The summed E-state index contributed by atoms with van der Waals surface area (Å²) in [6.07, 6.45) is 6.08. The molecule has 0 saturated carbocycles. The number of pyridine rings is 2. The molecule has 7 heteroatoms. The Morgan fingerprint density at radius 3 is 2.34 bits per heavy atom. The second kappa shape index (κ2) is 10.9. The molecule has 2 aromatic carbocycles. The minimum absolute atomic E-state index is 0.389. The van der Waals surface area contributed by atoms with Gasteiger partial charge in [-0.1, -0.05) is 73.7 Å². The zero-order chi connectivity index (χ0) is 26.5. The lowest BCUT2D eigenvalue weighted by molar-refractivity contribution is 0.945. The van der Waals surface area contributed by atoms with Crippen molar-refractivity contribution < 1.29 is 0 Å². The van der Waals surface area contributed by atoms with Crippen molar-refractivity contribution in [1.29, 1.82) is 5.26 Å². The molecule has 38 heavy (non-hydrogen) atoms. The van der Waals surface area contributed by atoms with Gasteiger partial charge in [-0.25, -0.2) is 19.9 Å². The number of hydrogen-bond acceptors (Lipinski definition) is 6. The number of benzene rings is 2. The van der Waals surface area contributed by atoms with Crippen LogP contribution in [-0.2, 0) is 13.5 Å². The van der Waals surface area contributed by atoms with Crippen molar-refractivity contribution in [1.82, 2.24) is 19.5 Å². The average Bonchev–Trinajstić information content (AvgIpc) is 3.35. The number of aryl methyl sites for hydroxylation is 2. The zero-order valence-corrected chi connectivity index (χ0v) is 21.4. The van der Waals surface area contributed by atoms with Gasteiger partial charge in [-0.15, -0.1) is 6.58 Å². The summed E-state index contributed by atoms with van der Waals surface area (Å²) in [5.41, 5.74) is 6.68. The zero-order valence-electron chi connectivity index (χ0n) is 21.4. The van der Waals surface area contributed by atoms with E-state index in [1.165, 1.54) is 0 Å². The van der Waals surface area contributed by atoms with Crippen molar-refractivity contribution >= 4 is 34.1 Å². The van der Waals surface area contributed by atoms with Crippen molar-refractivity contribution in [2.24, 2.45) is 12.0 Å². The molecule has 0 atom stereocenters. The summed E-state index contributed by atoms with van der Waals surface area (Å²) in [6.45, 7) is 6.54. The first-order valence-corrected chi connectivity index (χ1v) is 12.4. The third-order valence-electron chi connectivity index (χ3n) is 6.33. The van der Waals surface area contributed by atoms with Crippen molar-refractivity contribution in [2.75, 3.05) is 11.4 Å². The van der Waals surface area contributed by atoms with Gasteiger partial charge in [0.2, 0.25) is 0 Å². The van der Waals surface area contributed by atoms with E-state index in [9.17, 15) is 5.26 Å². The van der Waals surface area contributed by atoms with Gasteiger partial charge in [0.1, 0.15) is 23.1 Å². The molecule has 0 radical (unpaired) electrons. The summed E-state index contributed by atoms with van der Waals surface area (Å²) >= 11 is 0. The molecule has 0 aliphatic rings. The summed E-state index contributed by atoms with van der Waals surface area (Å²) in [6, 6.07) is 26.2. The molecular formula is C31H27N7. The number of fused-ring (bicyclic) bond motifs is 1. The lowest BCUT2D eigenvalue weighted by Crippen LogP contribution is -2.20. The highest BCUT2D eigenvalue weighted by molar-refractivity contribution is 6.14. The van der Waals surface area contributed by atoms with E-state index in [-0.39, 0.29) is 0 Å². The molecular weight excluding hydrogens is 470 g/mol. The summed E-state index contributed by atoms with van der Waals surface area (Å²) in [7, 11) is 1.96. The second-order valence-electron chi connectivity index (χ2n) is 8.78. The monoisotopic (exact) mass is 497 g/mol. The van der Waals surface area contributed by atoms with Crippen molar-refractivity contribution in [3.63, 3.8) is 0 Å². The van der Waals surface area contributed by atoms with Crippen molar-refractivity contribution in [3.05, 3.63) is 120 Å². The van der Waals surface area contributed by atoms with Gasteiger partial charge in [-0.3, -0.25) is 0 Å². The Labute approximate surface area is 222 Å². The molecule has 3 aromatic heterocycles. The highest BCUT2D eigenvalue weighted by Crippen LogP contribution is 2.33. The molecule has 0 unspecified atom stereocenters. The smallest absolute Gasteiger partial charge is 0.183 e. The first-order chi connectivity index (χ1) is 18.6. The van der Waals surface area contributed by atoms with Crippen LogP contribution in [0.2, 0.25) is 0 Å². The largest absolute Gasteiger partial charge is 0.334 e. The summed E-state index contributed by atoms with van der Waals surface area (Å²) in [5, 5.41) is 9.36. The summed E-state index contributed by atoms with van der Waals surface area (Å²) in [4.78, 5) is 21.2. The summed E-state index contributed by atoms with van der Waals surface area (Å²) < 4.78 is 1.97. The van der Waals surface area contributed by atoms with Crippen LogP contribution in [0.5, 0.6) is 0 Å². The molecule has 186 valence electrons. The number of rotatable bonds is 8. The second-order valence-corrected chi connectivity index (χ2v) is 8.78. The molecule has 0 fully saturated rings. The first kappa shape index (κ1) is 24.6. The van der Waals surface area contributed by atoms with Gasteiger partial charge in [0.15, 0.2) is 5.82 Å². The standard InChI is InChI=1S/C31H27N7/c1-4-16-38(27-20-33-25(19-32)17-22(27)5-2)28-18-26-30(34-21-37(26)3)31(35-28)36-29(23-12-8-6-9-13-23)24-14-10-7-11-15-24/h4,6-15,17-18,20-21H,1,5,16H2,2-3H3. The van der Waals surface area contributed by atoms with E-state index < -0.39 is 0 Å². The molecule has 0 aliphatic carbocycles. The summed E-state index contributed by atoms with van der Waals surface area (Å²) in [5.74, 6) is 1.22. The van der Waals surface area contributed by atoms with Gasteiger partial charge in [-0.2, -0.15) is 5.26 Å². The van der Waals surface area contributed by atoms with Crippen LogP contribution in [0.4, 0.5) is 17.3 Å². The lowest BCUT2D eigenvalue weighted by Gasteiger charge is -2.25. The van der Waals surface area contributed by atoms with Crippen LogP contribution >= 0.6 is 0 Å². The number of hydrogen-bond donors (Lipinski definition) is 0. The van der Waals surface area contributed by atoms with Gasteiger partial charge >= 0.3 is 0 Å². The molecule has 0 aliphatic heterocycles. The van der Waals surface area contributed by atoms with Crippen LogP contribution in [0, 0.1) is 11.3 Å². The van der Waals surface area contributed by atoms with Crippen LogP contribution in [0.3, 0.4) is 0 Å². The molecule has 0 spiro atoms.